The molecule has 0 radical (unpaired) electrons. The topological polar surface area (TPSA) is 38.3 Å². The lowest BCUT2D eigenvalue weighted by molar-refractivity contribution is -0.105. The van der Waals surface area contributed by atoms with E-state index in [-0.39, 0.29) is 5.82 Å². The van der Waals surface area contributed by atoms with E-state index in [4.69, 9.17) is 4.74 Å². The number of aryl methyl sites for hydroxylation is 2. The summed E-state index contributed by atoms with van der Waals surface area (Å²) in [5.74, 6) is 0.421. The average Bonchev–Trinajstić information content (AvgIpc) is 2.56. The molecule has 142 valence electrons. The van der Waals surface area contributed by atoms with Crippen LogP contribution >= 0.6 is 0 Å². The predicted molar refractivity (Wildman–Crippen MR) is 106 cm³/mol. The van der Waals surface area contributed by atoms with Gasteiger partial charge in [0.15, 0.2) is 0 Å². The third-order valence-electron chi connectivity index (χ3n) is 4.06. The van der Waals surface area contributed by atoms with Crippen molar-refractivity contribution in [1.29, 1.82) is 0 Å². The monoisotopic (exact) mass is 359 g/mol. The Hall–Kier alpha value is -2.36. The van der Waals surface area contributed by atoms with Crippen LogP contribution in [0.4, 0.5) is 10.1 Å². The van der Waals surface area contributed by atoms with Crippen LogP contribution in [0, 0.1) is 25.1 Å². The molecule has 0 saturated heterocycles. The SMILES string of the molecule is CCC(C)(C)C.Cc1cc(OCc2cccc(F)c2)cc(C)c1NC=O. The van der Waals surface area contributed by atoms with Crippen molar-refractivity contribution >= 4 is 12.1 Å². The van der Waals surface area contributed by atoms with Crippen molar-refractivity contribution in [3.8, 4) is 5.75 Å². The third kappa shape index (κ3) is 7.68. The zero-order valence-corrected chi connectivity index (χ0v) is 16.7. The number of benzene rings is 2. The number of hydrogen-bond acceptors (Lipinski definition) is 2. The molecule has 2 rings (SSSR count). The average molecular weight is 359 g/mol. The summed E-state index contributed by atoms with van der Waals surface area (Å²) in [6.07, 6.45) is 1.93. The maximum Gasteiger partial charge on any atom is 0.211 e. The fourth-order valence-corrected chi connectivity index (χ4v) is 2.09. The molecule has 0 fully saturated rings. The van der Waals surface area contributed by atoms with Crippen LogP contribution in [0.25, 0.3) is 0 Å². The highest BCUT2D eigenvalue weighted by Crippen LogP contribution is 2.26. The molecule has 0 spiro atoms. The summed E-state index contributed by atoms with van der Waals surface area (Å²) >= 11 is 0. The molecule has 0 heterocycles. The van der Waals surface area contributed by atoms with Gasteiger partial charge >= 0.3 is 0 Å². The minimum Gasteiger partial charge on any atom is -0.489 e. The lowest BCUT2D eigenvalue weighted by Crippen LogP contribution is -2.01. The molecular weight excluding hydrogens is 329 g/mol. The van der Waals surface area contributed by atoms with E-state index in [1.165, 1.54) is 18.6 Å². The van der Waals surface area contributed by atoms with E-state index in [0.29, 0.717) is 24.2 Å². The molecule has 0 atom stereocenters. The fraction of sp³-hybridized carbons (Fsp3) is 0.409. The molecule has 26 heavy (non-hydrogen) atoms. The first-order valence-electron chi connectivity index (χ1n) is 8.85. The molecule has 0 aliphatic carbocycles. The van der Waals surface area contributed by atoms with Crippen LogP contribution in [-0.2, 0) is 11.4 Å². The van der Waals surface area contributed by atoms with Crippen molar-refractivity contribution in [2.75, 3.05) is 5.32 Å². The van der Waals surface area contributed by atoms with Crippen molar-refractivity contribution in [1.82, 2.24) is 0 Å². The van der Waals surface area contributed by atoms with Gasteiger partial charge in [0.25, 0.3) is 0 Å². The van der Waals surface area contributed by atoms with Crippen LogP contribution < -0.4 is 10.1 Å². The largest absolute Gasteiger partial charge is 0.489 e. The van der Waals surface area contributed by atoms with Crippen molar-refractivity contribution in [3.63, 3.8) is 0 Å². The molecule has 1 amide bonds. The van der Waals surface area contributed by atoms with Gasteiger partial charge in [-0.25, -0.2) is 4.39 Å². The van der Waals surface area contributed by atoms with Crippen LogP contribution in [0.15, 0.2) is 36.4 Å². The van der Waals surface area contributed by atoms with Gasteiger partial charge in [-0.15, -0.1) is 0 Å². The lowest BCUT2D eigenvalue weighted by Gasteiger charge is -2.12. The van der Waals surface area contributed by atoms with Gasteiger partial charge in [0.1, 0.15) is 18.2 Å². The number of halogens is 1. The smallest absolute Gasteiger partial charge is 0.211 e. The second kappa shape index (κ2) is 9.95. The number of amides is 1. The van der Waals surface area contributed by atoms with E-state index >= 15 is 0 Å². The molecule has 0 unspecified atom stereocenters. The van der Waals surface area contributed by atoms with Gasteiger partial charge in [-0.3, -0.25) is 4.79 Å². The van der Waals surface area contributed by atoms with Crippen LogP contribution in [0.2, 0.25) is 0 Å². The Kier molecular flexibility index (Phi) is 8.30. The standard InChI is InChI=1S/C16H16FNO2.C6H14/c1-11-6-15(7-12(2)16(11)18-10-19)20-9-13-4-3-5-14(17)8-13;1-5-6(2,3)4/h3-8,10H,9H2,1-2H3,(H,18,19);5H2,1-4H3. The zero-order valence-electron chi connectivity index (χ0n) is 16.7. The van der Waals surface area contributed by atoms with Crippen LogP contribution in [-0.4, -0.2) is 6.41 Å². The van der Waals surface area contributed by atoms with E-state index in [2.05, 4.69) is 33.0 Å². The maximum atomic E-state index is 13.1. The molecule has 0 bridgehead atoms. The zero-order chi connectivity index (χ0) is 19.7. The van der Waals surface area contributed by atoms with Gasteiger partial charge < -0.3 is 10.1 Å². The van der Waals surface area contributed by atoms with Crippen molar-refractivity contribution < 1.29 is 13.9 Å². The van der Waals surface area contributed by atoms with Gasteiger partial charge in [0, 0.05) is 5.69 Å². The number of carbonyl (C=O) groups is 1. The Morgan fingerprint density at radius 2 is 1.69 bits per heavy atom. The summed E-state index contributed by atoms with van der Waals surface area (Å²) in [5, 5.41) is 2.67. The number of ether oxygens (including phenoxy) is 1. The summed E-state index contributed by atoms with van der Waals surface area (Å²) < 4.78 is 18.7. The second-order valence-corrected chi connectivity index (χ2v) is 7.53. The first-order chi connectivity index (χ1) is 12.2. The first kappa shape index (κ1) is 21.7. The molecule has 0 aliphatic heterocycles. The van der Waals surface area contributed by atoms with E-state index in [0.717, 1.165) is 22.4 Å². The predicted octanol–water partition coefficient (Wildman–Crippen LogP) is 6.03. The molecule has 3 nitrogen and oxygen atoms in total. The number of carbonyl (C=O) groups excluding carboxylic acids is 1. The van der Waals surface area contributed by atoms with Gasteiger partial charge in [-0.2, -0.15) is 0 Å². The highest BCUT2D eigenvalue weighted by molar-refractivity contribution is 5.76. The number of rotatable bonds is 5. The highest BCUT2D eigenvalue weighted by Gasteiger charge is 2.06. The van der Waals surface area contributed by atoms with Gasteiger partial charge in [0.2, 0.25) is 6.41 Å². The summed E-state index contributed by atoms with van der Waals surface area (Å²) in [5.41, 5.74) is 3.95. The normalized spacial score (nSPS) is 10.6. The molecule has 4 heteroatoms. The van der Waals surface area contributed by atoms with Crippen LogP contribution in [0.5, 0.6) is 5.75 Å². The molecule has 2 aromatic carbocycles. The van der Waals surface area contributed by atoms with Crippen LogP contribution in [0.1, 0.15) is 50.8 Å². The Balaban J connectivity index is 0.000000487. The summed E-state index contributed by atoms with van der Waals surface area (Å²) in [7, 11) is 0. The summed E-state index contributed by atoms with van der Waals surface area (Å²) in [4.78, 5) is 10.5. The Morgan fingerprint density at radius 1 is 1.12 bits per heavy atom. The summed E-state index contributed by atoms with van der Waals surface area (Å²) in [6, 6.07) is 10.0. The second-order valence-electron chi connectivity index (χ2n) is 7.53. The molecule has 0 saturated carbocycles. The minimum absolute atomic E-state index is 0.274. The first-order valence-corrected chi connectivity index (χ1v) is 8.85. The van der Waals surface area contributed by atoms with E-state index in [9.17, 15) is 9.18 Å². The van der Waals surface area contributed by atoms with Gasteiger partial charge in [0.05, 0.1) is 0 Å². The molecule has 2 aromatic rings. The van der Waals surface area contributed by atoms with E-state index in [1.54, 1.807) is 6.07 Å². The Morgan fingerprint density at radius 3 is 2.15 bits per heavy atom. The van der Waals surface area contributed by atoms with E-state index in [1.807, 2.05) is 32.0 Å². The van der Waals surface area contributed by atoms with Crippen molar-refractivity contribution in [2.45, 2.75) is 54.6 Å². The van der Waals surface area contributed by atoms with E-state index < -0.39 is 0 Å². The number of nitrogens with one attached hydrogen (secondary N) is 1. The highest BCUT2D eigenvalue weighted by atomic mass is 19.1. The Labute approximate surface area is 156 Å². The van der Waals surface area contributed by atoms with Gasteiger partial charge in [-0.1, -0.05) is 46.2 Å². The molecule has 0 aromatic heterocycles. The quantitative estimate of drug-likeness (QED) is 0.662. The summed E-state index contributed by atoms with van der Waals surface area (Å²) in [6.45, 7) is 13.0. The molecule has 1 N–H and O–H groups in total. The van der Waals surface area contributed by atoms with Crippen LogP contribution in [0.3, 0.4) is 0 Å². The third-order valence-corrected chi connectivity index (χ3v) is 4.06. The molecular formula is C22H30FNO2. The number of anilines is 1. The van der Waals surface area contributed by atoms with Crippen molar-refractivity contribution in [2.24, 2.45) is 5.41 Å². The Bertz CT molecular complexity index is 697. The number of hydrogen-bond donors (Lipinski definition) is 1. The fourth-order valence-electron chi connectivity index (χ4n) is 2.09. The molecule has 0 aliphatic rings. The van der Waals surface area contributed by atoms with Gasteiger partial charge in [-0.05, 0) is 60.2 Å². The maximum absolute atomic E-state index is 13.1. The minimum atomic E-state index is -0.274. The van der Waals surface area contributed by atoms with Crippen molar-refractivity contribution in [3.05, 3.63) is 58.9 Å². The lowest BCUT2D eigenvalue weighted by atomic mass is 9.94.